The summed E-state index contributed by atoms with van der Waals surface area (Å²) < 4.78 is 25.0. The van der Waals surface area contributed by atoms with Crippen molar-refractivity contribution in [3.63, 3.8) is 0 Å². The van der Waals surface area contributed by atoms with Crippen LogP contribution in [0, 0.1) is 5.92 Å². The zero-order valence-corrected chi connectivity index (χ0v) is 12.5. The number of hydrogen-bond acceptors (Lipinski definition) is 3. The molecule has 1 atom stereocenters. The van der Waals surface area contributed by atoms with Crippen LogP contribution in [0.15, 0.2) is 0 Å². The lowest BCUT2D eigenvalue weighted by Gasteiger charge is -2.36. The third kappa shape index (κ3) is 5.11. The smallest absolute Gasteiger partial charge is 0.319 e. The molecule has 6 nitrogen and oxygen atoms in total. The number of alkyl halides is 2. The van der Waals surface area contributed by atoms with Crippen LogP contribution in [0.25, 0.3) is 0 Å². The third-order valence-corrected chi connectivity index (χ3v) is 3.46. The molecule has 21 heavy (non-hydrogen) atoms. The van der Waals surface area contributed by atoms with E-state index in [1.807, 2.05) is 0 Å². The van der Waals surface area contributed by atoms with Crippen LogP contribution in [0.1, 0.15) is 12.8 Å². The lowest BCUT2D eigenvalue weighted by atomic mass is 9.96. The van der Waals surface area contributed by atoms with E-state index in [0.717, 1.165) is 4.90 Å². The molecular weight excluding hydrogens is 284 g/mol. The standard InChI is InChI=1S/C13H23F2N3O3/c1-16(2)13(21)18-5-3-4-10(8-18)12(20)17(6-7-19)9-11(14)15/h10-11,19H,3-9H2,1-2H3. The molecule has 1 N–H and O–H groups in total. The van der Waals surface area contributed by atoms with E-state index in [2.05, 4.69) is 0 Å². The molecule has 1 aliphatic rings. The van der Waals surface area contributed by atoms with Gasteiger partial charge in [0.1, 0.15) is 0 Å². The molecule has 8 heteroatoms. The normalized spacial score (nSPS) is 18.8. The Bertz CT molecular complexity index is 367. The summed E-state index contributed by atoms with van der Waals surface area (Å²) >= 11 is 0. The Labute approximate surface area is 123 Å². The molecule has 0 aromatic rings. The highest BCUT2D eigenvalue weighted by Gasteiger charge is 2.32. The summed E-state index contributed by atoms with van der Waals surface area (Å²) in [4.78, 5) is 28.2. The van der Waals surface area contributed by atoms with Gasteiger partial charge in [-0.05, 0) is 12.8 Å². The van der Waals surface area contributed by atoms with Crippen LogP contribution >= 0.6 is 0 Å². The van der Waals surface area contributed by atoms with E-state index >= 15 is 0 Å². The maximum Gasteiger partial charge on any atom is 0.319 e. The van der Waals surface area contributed by atoms with Gasteiger partial charge in [0.15, 0.2) is 0 Å². The van der Waals surface area contributed by atoms with Gasteiger partial charge in [-0.1, -0.05) is 0 Å². The van der Waals surface area contributed by atoms with Gasteiger partial charge in [0.2, 0.25) is 5.91 Å². The molecule has 0 aromatic heterocycles. The molecule has 0 aliphatic carbocycles. The van der Waals surface area contributed by atoms with Crippen LogP contribution in [0.2, 0.25) is 0 Å². The van der Waals surface area contributed by atoms with Gasteiger partial charge in [0.05, 0.1) is 19.1 Å². The Morgan fingerprint density at radius 2 is 2.05 bits per heavy atom. The van der Waals surface area contributed by atoms with Gasteiger partial charge >= 0.3 is 6.03 Å². The van der Waals surface area contributed by atoms with Crippen molar-refractivity contribution in [3.05, 3.63) is 0 Å². The Hall–Kier alpha value is -1.44. The van der Waals surface area contributed by atoms with Crippen molar-refractivity contribution in [3.8, 4) is 0 Å². The first kappa shape index (κ1) is 17.6. The molecule has 1 rings (SSSR count). The highest BCUT2D eigenvalue weighted by molar-refractivity contribution is 5.81. The summed E-state index contributed by atoms with van der Waals surface area (Å²) in [6, 6.07) is -0.185. The second-order valence-electron chi connectivity index (χ2n) is 5.36. The monoisotopic (exact) mass is 307 g/mol. The van der Waals surface area contributed by atoms with E-state index in [0.29, 0.717) is 19.4 Å². The van der Waals surface area contributed by atoms with Crippen molar-refractivity contribution in [1.82, 2.24) is 14.7 Å². The molecule has 0 radical (unpaired) electrons. The van der Waals surface area contributed by atoms with Crippen molar-refractivity contribution < 1.29 is 23.5 Å². The van der Waals surface area contributed by atoms with Gasteiger partial charge in [0.25, 0.3) is 6.43 Å². The zero-order valence-electron chi connectivity index (χ0n) is 12.5. The molecule has 3 amide bonds. The highest BCUT2D eigenvalue weighted by Crippen LogP contribution is 2.20. The first-order valence-electron chi connectivity index (χ1n) is 7.00. The molecular formula is C13H23F2N3O3. The van der Waals surface area contributed by atoms with Gasteiger partial charge in [0, 0.05) is 33.7 Å². The lowest BCUT2D eigenvalue weighted by Crippen LogP contribution is -2.50. The van der Waals surface area contributed by atoms with Gasteiger partial charge < -0.3 is 19.8 Å². The van der Waals surface area contributed by atoms with E-state index in [4.69, 9.17) is 5.11 Å². The molecule has 0 aromatic carbocycles. The van der Waals surface area contributed by atoms with E-state index in [1.165, 1.54) is 4.90 Å². The van der Waals surface area contributed by atoms with Gasteiger partial charge in [-0.3, -0.25) is 4.79 Å². The molecule has 1 aliphatic heterocycles. The number of likely N-dealkylation sites (tertiary alicyclic amines) is 1. The number of amides is 3. The maximum atomic E-state index is 12.5. The predicted molar refractivity (Wildman–Crippen MR) is 73.0 cm³/mol. The van der Waals surface area contributed by atoms with E-state index in [1.54, 1.807) is 19.0 Å². The van der Waals surface area contributed by atoms with Gasteiger partial charge in [-0.15, -0.1) is 0 Å². The van der Waals surface area contributed by atoms with Crippen LogP contribution in [-0.4, -0.2) is 85.1 Å². The average molecular weight is 307 g/mol. The first-order chi connectivity index (χ1) is 9.86. The molecule has 1 unspecified atom stereocenters. The van der Waals surface area contributed by atoms with Crippen LogP contribution < -0.4 is 0 Å². The molecule has 1 fully saturated rings. The van der Waals surface area contributed by atoms with Crippen molar-refractivity contribution >= 4 is 11.9 Å². The number of urea groups is 1. The van der Waals surface area contributed by atoms with Crippen LogP contribution in [-0.2, 0) is 4.79 Å². The fourth-order valence-electron chi connectivity index (χ4n) is 2.47. The van der Waals surface area contributed by atoms with E-state index in [-0.39, 0.29) is 25.7 Å². The van der Waals surface area contributed by atoms with E-state index in [9.17, 15) is 18.4 Å². The Kier molecular flexibility index (Phi) is 6.80. The summed E-state index contributed by atoms with van der Waals surface area (Å²) in [7, 11) is 3.26. The SMILES string of the molecule is CN(C)C(=O)N1CCCC(C(=O)N(CCO)CC(F)F)C1. The second-order valence-corrected chi connectivity index (χ2v) is 5.36. The quantitative estimate of drug-likeness (QED) is 0.803. The van der Waals surface area contributed by atoms with Gasteiger partial charge in [-0.2, -0.15) is 0 Å². The highest BCUT2D eigenvalue weighted by atomic mass is 19.3. The molecule has 0 saturated carbocycles. The number of halogens is 2. The second kappa shape index (κ2) is 8.11. The number of aliphatic hydroxyl groups excluding tert-OH is 1. The summed E-state index contributed by atoms with van der Waals surface area (Å²) in [6.07, 6.45) is -1.40. The zero-order chi connectivity index (χ0) is 16.0. The van der Waals surface area contributed by atoms with Gasteiger partial charge in [-0.25, -0.2) is 13.6 Å². The number of carbonyl (C=O) groups is 2. The predicted octanol–water partition coefficient (Wildman–Crippen LogP) is 0.466. The number of carbonyl (C=O) groups excluding carboxylic acids is 2. The lowest BCUT2D eigenvalue weighted by molar-refractivity contribution is -0.139. The van der Waals surface area contributed by atoms with Crippen LogP contribution in [0.3, 0.4) is 0 Å². The maximum absolute atomic E-state index is 12.5. The first-order valence-corrected chi connectivity index (χ1v) is 7.00. The third-order valence-electron chi connectivity index (χ3n) is 3.46. The Morgan fingerprint density at radius 1 is 1.38 bits per heavy atom. The Morgan fingerprint density at radius 3 is 2.57 bits per heavy atom. The summed E-state index contributed by atoms with van der Waals surface area (Å²) in [5, 5.41) is 8.90. The fraction of sp³-hybridized carbons (Fsp3) is 0.846. The van der Waals surface area contributed by atoms with Crippen LogP contribution in [0.5, 0.6) is 0 Å². The largest absolute Gasteiger partial charge is 0.395 e. The van der Waals surface area contributed by atoms with Crippen molar-refractivity contribution in [1.29, 1.82) is 0 Å². The fourth-order valence-corrected chi connectivity index (χ4v) is 2.47. The van der Waals surface area contributed by atoms with Crippen LogP contribution in [0.4, 0.5) is 13.6 Å². The number of nitrogens with zero attached hydrogens (tertiary/aromatic N) is 3. The molecule has 0 bridgehead atoms. The number of hydrogen-bond donors (Lipinski definition) is 1. The minimum atomic E-state index is -2.64. The average Bonchev–Trinajstić information content (AvgIpc) is 2.44. The number of aliphatic hydroxyl groups is 1. The van der Waals surface area contributed by atoms with Crippen molar-refractivity contribution in [2.75, 3.05) is 46.9 Å². The number of rotatable bonds is 5. The van der Waals surface area contributed by atoms with E-state index < -0.39 is 24.8 Å². The topological polar surface area (TPSA) is 64.1 Å². The molecule has 122 valence electrons. The molecule has 1 saturated heterocycles. The summed E-state index contributed by atoms with van der Waals surface area (Å²) in [6.45, 7) is -0.346. The summed E-state index contributed by atoms with van der Waals surface area (Å²) in [5.74, 6) is -0.895. The Balaban J connectivity index is 2.68. The minimum Gasteiger partial charge on any atom is -0.395 e. The minimum absolute atomic E-state index is 0.110. The molecule has 1 heterocycles. The van der Waals surface area contributed by atoms with Crippen molar-refractivity contribution in [2.24, 2.45) is 5.92 Å². The molecule has 0 spiro atoms. The number of piperidine rings is 1. The summed E-state index contributed by atoms with van der Waals surface area (Å²) in [5.41, 5.74) is 0. The van der Waals surface area contributed by atoms with Crippen molar-refractivity contribution in [2.45, 2.75) is 19.3 Å².